The van der Waals surface area contributed by atoms with E-state index in [4.69, 9.17) is 0 Å². The van der Waals surface area contributed by atoms with Crippen LogP contribution in [0.3, 0.4) is 0 Å². The predicted molar refractivity (Wildman–Crippen MR) is 96.4 cm³/mol. The summed E-state index contributed by atoms with van der Waals surface area (Å²) in [6, 6.07) is 3.32. The van der Waals surface area contributed by atoms with E-state index in [2.05, 4.69) is 26.2 Å². The first-order chi connectivity index (χ1) is 11.0. The number of sulfonamides is 1. The van der Waals surface area contributed by atoms with Crippen LogP contribution in [0.4, 0.5) is 0 Å². The van der Waals surface area contributed by atoms with E-state index in [1.54, 1.807) is 12.1 Å². The first-order valence-electron chi connectivity index (χ1n) is 7.20. The average molecular weight is 438 g/mol. The van der Waals surface area contributed by atoms with Gasteiger partial charge in [0, 0.05) is 18.8 Å². The van der Waals surface area contributed by atoms with Crippen LogP contribution in [0, 0.1) is 5.92 Å². The minimum atomic E-state index is -3.53. The van der Waals surface area contributed by atoms with Crippen molar-refractivity contribution in [1.82, 2.24) is 9.62 Å². The van der Waals surface area contributed by atoms with Crippen LogP contribution in [0.1, 0.15) is 12.8 Å². The number of piperidine rings is 1. The number of aliphatic imine (C=N–C) groups is 1. The van der Waals surface area contributed by atoms with Crippen molar-refractivity contribution in [3.05, 3.63) is 15.9 Å². The average Bonchev–Trinajstić information content (AvgIpc) is 3.19. The maximum absolute atomic E-state index is 12.7. The van der Waals surface area contributed by atoms with Crippen molar-refractivity contribution in [3.8, 4) is 0 Å². The van der Waals surface area contributed by atoms with Gasteiger partial charge in [-0.1, -0.05) is 11.8 Å². The molecular formula is C13H16BrN3O3S3. The summed E-state index contributed by atoms with van der Waals surface area (Å²) in [6.07, 6.45) is 1.38. The zero-order chi connectivity index (χ0) is 16.4. The highest BCUT2D eigenvalue weighted by Gasteiger charge is 2.34. The third-order valence-electron chi connectivity index (χ3n) is 3.71. The van der Waals surface area contributed by atoms with Crippen molar-refractivity contribution in [3.63, 3.8) is 0 Å². The number of thioether (sulfide) groups is 1. The third-order valence-corrected chi connectivity index (χ3v) is 8.56. The lowest BCUT2D eigenvalue weighted by Crippen LogP contribution is -2.45. The maximum atomic E-state index is 12.7. The summed E-state index contributed by atoms with van der Waals surface area (Å²) in [5.41, 5.74) is 0. The van der Waals surface area contributed by atoms with Gasteiger partial charge >= 0.3 is 0 Å². The van der Waals surface area contributed by atoms with Crippen LogP contribution < -0.4 is 5.32 Å². The number of halogens is 1. The van der Waals surface area contributed by atoms with E-state index in [9.17, 15) is 13.2 Å². The Morgan fingerprint density at radius 3 is 2.91 bits per heavy atom. The molecule has 1 saturated heterocycles. The Balaban J connectivity index is 1.69. The standard InChI is InChI=1S/C13H16BrN3O3S3/c14-10-3-4-11(22-10)23(19,20)17-6-1-2-9(8-17)12(18)16-13-15-5-7-21-13/h3-4,9H,1-2,5-8H2,(H,15,16,18)/t9-/m0/s1. The molecule has 0 radical (unpaired) electrons. The van der Waals surface area contributed by atoms with Crippen LogP contribution in [-0.2, 0) is 14.8 Å². The van der Waals surface area contributed by atoms with Gasteiger partial charge < -0.3 is 5.32 Å². The van der Waals surface area contributed by atoms with E-state index in [0.717, 1.165) is 16.1 Å². The van der Waals surface area contributed by atoms with Crippen LogP contribution in [-0.4, -0.2) is 49.2 Å². The molecule has 0 bridgehead atoms. The number of amides is 1. The summed E-state index contributed by atoms with van der Waals surface area (Å²) in [5, 5.41) is 3.46. The number of rotatable bonds is 3. The second-order valence-corrected chi connectivity index (χ2v) is 11.0. The molecule has 126 valence electrons. The molecule has 0 saturated carbocycles. The lowest BCUT2D eigenvalue weighted by Gasteiger charge is -2.30. The Hall–Kier alpha value is -0.420. The highest BCUT2D eigenvalue weighted by atomic mass is 79.9. The summed E-state index contributed by atoms with van der Waals surface area (Å²) in [6.45, 7) is 1.40. The maximum Gasteiger partial charge on any atom is 0.252 e. The zero-order valence-electron chi connectivity index (χ0n) is 12.2. The molecule has 1 amide bonds. The van der Waals surface area contributed by atoms with Crippen molar-refractivity contribution in [1.29, 1.82) is 0 Å². The third kappa shape index (κ3) is 3.98. The van der Waals surface area contributed by atoms with Crippen molar-refractivity contribution in [2.24, 2.45) is 10.9 Å². The van der Waals surface area contributed by atoms with Crippen molar-refractivity contribution in [2.45, 2.75) is 17.1 Å². The first-order valence-corrected chi connectivity index (χ1v) is 11.2. The molecule has 10 heteroatoms. The number of carbonyl (C=O) groups is 1. The van der Waals surface area contributed by atoms with E-state index in [1.165, 1.54) is 27.4 Å². The van der Waals surface area contributed by atoms with Gasteiger partial charge in [0.1, 0.15) is 4.21 Å². The van der Waals surface area contributed by atoms with E-state index in [0.29, 0.717) is 28.8 Å². The predicted octanol–water partition coefficient (Wildman–Crippen LogP) is 2.13. The van der Waals surface area contributed by atoms with Crippen molar-refractivity contribution < 1.29 is 13.2 Å². The fourth-order valence-corrected chi connectivity index (χ4v) is 6.98. The number of amidine groups is 1. The van der Waals surface area contributed by atoms with Gasteiger partial charge in [-0.2, -0.15) is 4.31 Å². The molecule has 0 unspecified atom stereocenters. The fraction of sp³-hybridized carbons (Fsp3) is 0.538. The quantitative estimate of drug-likeness (QED) is 0.785. The van der Waals surface area contributed by atoms with Gasteiger partial charge in [-0.3, -0.25) is 9.79 Å². The summed E-state index contributed by atoms with van der Waals surface area (Å²) in [4.78, 5) is 16.5. The largest absolute Gasteiger partial charge is 0.305 e. The Morgan fingerprint density at radius 2 is 2.26 bits per heavy atom. The second-order valence-electron chi connectivity index (χ2n) is 5.29. The number of thiophene rings is 1. The lowest BCUT2D eigenvalue weighted by atomic mass is 9.99. The lowest BCUT2D eigenvalue weighted by molar-refractivity contribution is -0.124. The molecule has 1 aromatic heterocycles. The van der Waals surface area contributed by atoms with Crippen LogP contribution in [0.2, 0.25) is 0 Å². The fourth-order valence-electron chi connectivity index (χ4n) is 2.56. The van der Waals surface area contributed by atoms with Crippen molar-refractivity contribution in [2.75, 3.05) is 25.4 Å². The van der Waals surface area contributed by atoms with Gasteiger partial charge in [0.05, 0.1) is 16.2 Å². The Kier molecular flexibility index (Phi) is 5.46. The number of carbonyl (C=O) groups excluding carboxylic acids is 1. The molecule has 6 nitrogen and oxygen atoms in total. The minimum absolute atomic E-state index is 0.134. The van der Waals surface area contributed by atoms with Crippen LogP contribution >= 0.6 is 39.0 Å². The van der Waals surface area contributed by atoms with Gasteiger partial charge in [-0.05, 0) is 40.9 Å². The van der Waals surface area contributed by atoms with E-state index in [1.807, 2.05) is 0 Å². The number of hydrogen-bond donors (Lipinski definition) is 1. The molecule has 1 aromatic rings. The van der Waals surface area contributed by atoms with E-state index < -0.39 is 10.0 Å². The highest BCUT2D eigenvalue weighted by molar-refractivity contribution is 9.11. The van der Waals surface area contributed by atoms with Gasteiger partial charge in [0.15, 0.2) is 5.17 Å². The molecular weight excluding hydrogens is 422 g/mol. The highest BCUT2D eigenvalue weighted by Crippen LogP contribution is 2.31. The molecule has 0 spiro atoms. The topological polar surface area (TPSA) is 78.8 Å². The van der Waals surface area contributed by atoms with Gasteiger partial charge in [-0.25, -0.2) is 8.42 Å². The summed E-state index contributed by atoms with van der Waals surface area (Å²) < 4.78 is 27.8. The Bertz CT molecular complexity index is 732. The molecule has 0 aliphatic carbocycles. The number of nitrogens with one attached hydrogen (secondary N) is 1. The molecule has 2 aliphatic rings. The molecule has 0 aromatic carbocycles. The van der Waals surface area contributed by atoms with Crippen LogP contribution in [0.15, 0.2) is 25.1 Å². The number of nitrogens with zero attached hydrogens (tertiary/aromatic N) is 2. The Labute approximate surface area is 151 Å². The molecule has 1 N–H and O–H groups in total. The van der Waals surface area contributed by atoms with Crippen LogP contribution in [0.25, 0.3) is 0 Å². The van der Waals surface area contributed by atoms with Gasteiger partial charge in [-0.15, -0.1) is 11.3 Å². The SMILES string of the molecule is O=C(NC1=NCCS1)[C@H]1CCCN(S(=O)(=O)c2ccc(Br)s2)C1. The summed E-state index contributed by atoms with van der Waals surface area (Å²) in [5.74, 6) is 0.421. The molecule has 1 atom stereocenters. The number of hydrogen-bond acceptors (Lipinski definition) is 6. The first kappa shape index (κ1) is 17.4. The van der Waals surface area contributed by atoms with E-state index >= 15 is 0 Å². The Morgan fingerprint density at radius 1 is 1.43 bits per heavy atom. The molecule has 1 fully saturated rings. The summed E-state index contributed by atoms with van der Waals surface area (Å²) in [7, 11) is -3.53. The summed E-state index contributed by atoms with van der Waals surface area (Å²) >= 11 is 6.00. The van der Waals surface area contributed by atoms with Gasteiger partial charge in [0.2, 0.25) is 5.91 Å². The van der Waals surface area contributed by atoms with Crippen LogP contribution in [0.5, 0.6) is 0 Å². The molecule has 3 rings (SSSR count). The molecule has 2 aliphatic heterocycles. The second kappa shape index (κ2) is 7.22. The monoisotopic (exact) mass is 437 g/mol. The molecule has 23 heavy (non-hydrogen) atoms. The van der Waals surface area contributed by atoms with Gasteiger partial charge in [0.25, 0.3) is 10.0 Å². The van der Waals surface area contributed by atoms with E-state index in [-0.39, 0.29) is 18.4 Å². The van der Waals surface area contributed by atoms with Crippen molar-refractivity contribution >= 4 is 60.1 Å². The smallest absolute Gasteiger partial charge is 0.252 e. The zero-order valence-corrected chi connectivity index (χ0v) is 16.2. The molecule has 3 heterocycles. The minimum Gasteiger partial charge on any atom is -0.305 e. The normalized spacial score (nSPS) is 22.8.